The summed E-state index contributed by atoms with van der Waals surface area (Å²) >= 11 is 0. The molecule has 0 aromatic heterocycles. The molecule has 2 aromatic rings. The van der Waals surface area contributed by atoms with Crippen molar-refractivity contribution < 1.29 is 9.84 Å². The first-order valence-electron chi connectivity index (χ1n) is 6.63. The average Bonchev–Trinajstić information content (AvgIpc) is 2.45. The van der Waals surface area contributed by atoms with Gasteiger partial charge >= 0.3 is 0 Å². The summed E-state index contributed by atoms with van der Waals surface area (Å²) in [5, 5.41) is 10.0. The molecule has 0 aliphatic heterocycles. The van der Waals surface area contributed by atoms with Crippen LogP contribution < -0.4 is 0 Å². The van der Waals surface area contributed by atoms with E-state index in [1.54, 1.807) is 0 Å². The van der Waals surface area contributed by atoms with Gasteiger partial charge in [0.25, 0.3) is 0 Å². The summed E-state index contributed by atoms with van der Waals surface area (Å²) in [6.45, 7) is 4.57. The minimum atomic E-state index is -0.870. The van der Waals surface area contributed by atoms with Crippen molar-refractivity contribution in [1.29, 1.82) is 0 Å². The van der Waals surface area contributed by atoms with Crippen LogP contribution in [-0.2, 0) is 17.8 Å². The van der Waals surface area contributed by atoms with E-state index in [-0.39, 0.29) is 0 Å². The van der Waals surface area contributed by atoms with E-state index in [1.807, 2.05) is 49.4 Å². The highest BCUT2D eigenvalue weighted by molar-refractivity contribution is 5.26. The molecule has 0 fully saturated rings. The maximum atomic E-state index is 10.0. The molecule has 1 N–H and O–H groups in total. The van der Waals surface area contributed by atoms with Crippen molar-refractivity contribution in [1.82, 2.24) is 0 Å². The zero-order chi connectivity index (χ0) is 13.7. The molecule has 2 nitrogen and oxygen atoms in total. The van der Waals surface area contributed by atoms with Crippen LogP contribution in [0, 0.1) is 6.92 Å². The van der Waals surface area contributed by atoms with Crippen LogP contribution in [0.15, 0.2) is 48.5 Å². The van der Waals surface area contributed by atoms with E-state index in [2.05, 4.69) is 13.0 Å². The van der Waals surface area contributed by atoms with E-state index in [4.69, 9.17) is 4.74 Å². The van der Waals surface area contributed by atoms with Gasteiger partial charge in [0.2, 0.25) is 0 Å². The first-order valence-corrected chi connectivity index (χ1v) is 6.63. The molecule has 0 spiro atoms. The Morgan fingerprint density at radius 1 is 1.00 bits per heavy atom. The monoisotopic (exact) mass is 256 g/mol. The zero-order valence-electron chi connectivity index (χ0n) is 11.5. The number of benzene rings is 2. The summed E-state index contributed by atoms with van der Waals surface area (Å²) in [4.78, 5) is 0. The van der Waals surface area contributed by atoms with Gasteiger partial charge in [0.1, 0.15) is 0 Å². The molecular weight excluding hydrogens is 236 g/mol. The van der Waals surface area contributed by atoms with Crippen LogP contribution in [0.5, 0.6) is 0 Å². The molecule has 0 radical (unpaired) electrons. The van der Waals surface area contributed by atoms with E-state index in [0.29, 0.717) is 6.61 Å². The van der Waals surface area contributed by atoms with Crippen molar-refractivity contribution in [2.45, 2.75) is 33.2 Å². The maximum Gasteiger partial charge on any atom is 0.181 e. The average molecular weight is 256 g/mol. The van der Waals surface area contributed by atoms with Crippen molar-refractivity contribution in [2.24, 2.45) is 0 Å². The molecule has 0 bridgehead atoms. The molecule has 100 valence electrons. The van der Waals surface area contributed by atoms with Crippen molar-refractivity contribution in [3.63, 3.8) is 0 Å². The minimum Gasteiger partial charge on any atom is -0.364 e. The van der Waals surface area contributed by atoms with Gasteiger partial charge in [0.15, 0.2) is 6.29 Å². The van der Waals surface area contributed by atoms with Crippen molar-refractivity contribution in [3.05, 3.63) is 70.8 Å². The highest BCUT2D eigenvalue weighted by Crippen LogP contribution is 2.18. The topological polar surface area (TPSA) is 29.5 Å². The number of rotatable bonds is 5. The lowest BCUT2D eigenvalue weighted by Crippen LogP contribution is -2.04. The molecule has 0 saturated carbocycles. The van der Waals surface area contributed by atoms with Gasteiger partial charge in [-0.3, -0.25) is 0 Å². The number of ether oxygens (including phenoxy) is 1. The number of aliphatic hydroxyl groups is 1. The molecule has 0 aliphatic rings. The van der Waals surface area contributed by atoms with E-state index < -0.39 is 6.29 Å². The number of aryl methyl sites for hydroxylation is 2. The number of aliphatic hydroxyl groups excluding tert-OH is 1. The predicted molar refractivity (Wildman–Crippen MR) is 76.7 cm³/mol. The number of hydrogen-bond acceptors (Lipinski definition) is 2. The first-order chi connectivity index (χ1) is 9.20. The molecule has 19 heavy (non-hydrogen) atoms. The molecule has 1 unspecified atom stereocenters. The number of hydrogen-bond donors (Lipinski definition) is 1. The van der Waals surface area contributed by atoms with Gasteiger partial charge in [-0.15, -0.1) is 0 Å². The van der Waals surface area contributed by atoms with Gasteiger partial charge in [-0.1, -0.05) is 61.0 Å². The summed E-state index contributed by atoms with van der Waals surface area (Å²) in [5.41, 5.74) is 4.36. The Bertz CT molecular complexity index is 517. The van der Waals surface area contributed by atoms with E-state index in [0.717, 1.165) is 17.5 Å². The van der Waals surface area contributed by atoms with Crippen LogP contribution in [0.1, 0.15) is 35.5 Å². The van der Waals surface area contributed by atoms with Crippen molar-refractivity contribution >= 4 is 0 Å². The van der Waals surface area contributed by atoms with Crippen LogP contribution in [0.3, 0.4) is 0 Å². The lowest BCUT2D eigenvalue weighted by molar-refractivity contribution is -0.112. The van der Waals surface area contributed by atoms with E-state index in [1.165, 1.54) is 11.1 Å². The fourth-order valence-corrected chi connectivity index (χ4v) is 2.04. The van der Waals surface area contributed by atoms with E-state index >= 15 is 0 Å². The van der Waals surface area contributed by atoms with E-state index in [9.17, 15) is 5.11 Å². The van der Waals surface area contributed by atoms with Gasteiger partial charge in [-0.2, -0.15) is 0 Å². The lowest BCUT2D eigenvalue weighted by atomic mass is 10.1. The fraction of sp³-hybridized carbons (Fsp3) is 0.294. The molecular formula is C17H20O2. The van der Waals surface area contributed by atoms with Crippen LogP contribution in [-0.4, -0.2) is 5.11 Å². The molecule has 0 saturated heterocycles. The predicted octanol–water partition coefficient (Wildman–Crippen LogP) is 3.77. The van der Waals surface area contributed by atoms with Gasteiger partial charge in [0.05, 0.1) is 6.61 Å². The SMILES string of the molecule is CCc1ccccc1COC(O)c1ccc(C)cc1. The molecule has 2 rings (SSSR count). The largest absolute Gasteiger partial charge is 0.364 e. The smallest absolute Gasteiger partial charge is 0.181 e. The van der Waals surface area contributed by atoms with Crippen LogP contribution >= 0.6 is 0 Å². The molecule has 1 atom stereocenters. The maximum absolute atomic E-state index is 10.0. The third-order valence-electron chi connectivity index (χ3n) is 3.26. The molecule has 0 aliphatic carbocycles. The Balaban J connectivity index is 2.00. The fourth-order valence-electron chi connectivity index (χ4n) is 2.04. The molecule has 0 amide bonds. The second-order valence-corrected chi connectivity index (χ2v) is 4.70. The highest BCUT2D eigenvalue weighted by atomic mass is 16.6. The summed E-state index contributed by atoms with van der Waals surface area (Å²) in [6.07, 6.45) is 0.102. The minimum absolute atomic E-state index is 0.430. The van der Waals surface area contributed by atoms with Crippen molar-refractivity contribution in [3.8, 4) is 0 Å². The van der Waals surface area contributed by atoms with Crippen molar-refractivity contribution in [2.75, 3.05) is 0 Å². The first kappa shape index (κ1) is 13.8. The van der Waals surface area contributed by atoms with Gasteiger partial charge in [0, 0.05) is 5.56 Å². The second kappa shape index (κ2) is 6.50. The molecule has 2 aromatic carbocycles. The zero-order valence-corrected chi connectivity index (χ0v) is 11.5. The summed E-state index contributed by atoms with van der Waals surface area (Å²) < 4.78 is 5.55. The Morgan fingerprint density at radius 2 is 1.63 bits per heavy atom. The van der Waals surface area contributed by atoms with Gasteiger partial charge in [-0.05, 0) is 24.5 Å². The second-order valence-electron chi connectivity index (χ2n) is 4.70. The van der Waals surface area contributed by atoms with Gasteiger partial charge < -0.3 is 9.84 Å². The van der Waals surface area contributed by atoms with Crippen LogP contribution in [0.4, 0.5) is 0 Å². The standard InChI is InChI=1S/C17H20O2/c1-3-14-6-4-5-7-16(14)12-19-17(18)15-10-8-13(2)9-11-15/h4-11,17-18H,3,12H2,1-2H3. The third-order valence-corrected chi connectivity index (χ3v) is 3.26. The van der Waals surface area contributed by atoms with Gasteiger partial charge in [-0.25, -0.2) is 0 Å². The van der Waals surface area contributed by atoms with Crippen LogP contribution in [0.2, 0.25) is 0 Å². The quantitative estimate of drug-likeness (QED) is 0.825. The Labute approximate surface area is 114 Å². The highest BCUT2D eigenvalue weighted by Gasteiger charge is 2.08. The Morgan fingerprint density at radius 3 is 2.26 bits per heavy atom. The Kier molecular flexibility index (Phi) is 4.72. The lowest BCUT2D eigenvalue weighted by Gasteiger charge is -2.14. The Hall–Kier alpha value is -1.64. The summed E-state index contributed by atoms with van der Waals surface area (Å²) in [7, 11) is 0. The molecule has 0 heterocycles. The molecule has 2 heteroatoms. The summed E-state index contributed by atoms with van der Waals surface area (Å²) in [6, 6.07) is 15.9. The van der Waals surface area contributed by atoms with Crippen LogP contribution in [0.25, 0.3) is 0 Å². The normalized spacial score (nSPS) is 12.4. The summed E-state index contributed by atoms with van der Waals surface area (Å²) in [5.74, 6) is 0. The third kappa shape index (κ3) is 3.66.